The van der Waals surface area contributed by atoms with Crippen LogP contribution in [0.15, 0.2) is 149 Å². The summed E-state index contributed by atoms with van der Waals surface area (Å²) in [6.07, 6.45) is 4.27. The van der Waals surface area contributed by atoms with E-state index in [1.807, 2.05) is 19.1 Å². The third-order valence-corrected chi connectivity index (χ3v) is 11.5. The van der Waals surface area contributed by atoms with Crippen LogP contribution in [0.2, 0.25) is 0 Å². The van der Waals surface area contributed by atoms with Crippen LogP contribution in [0.1, 0.15) is 66.5 Å². The van der Waals surface area contributed by atoms with E-state index in [-0.39, 0.29) is 5.41 Å². The van der Waals surface area contributed by atoms with Gasteiger partial charge in [-0.3, -0.25) is 0 Å². The first kappa shape index (κ1) is 34.0. The Kier molecular flexibility index (Phi) is 8.02. The lowest BCUT2D eigenvalue weighted by Gasteiger charge is -2.32. The average Bonchev–Trinajstić information content (AvgIpc) is 3.68. The summed E-state index contributed by atoms with van der Waals surface area (Å²) in [5, 5.41) is 2.26. The quantitative estimate of drug-likeness (QED) is 0.124. The van der Waals surface area contributed by atoms with Gasteiger partial charge in [0.25, 0.3) is 0 Å². The smallest absolute Gasteiger partial charge is 0.455 e. The van der Waals surface area contributed by atoms with Crippen molar-refractivity contribution in [1.82, 2.24) is 0 Å². The predicted octanol–water partition coefficient (Wildman–Crippen LogP) is 12.7. The van der Waals surface area contributed by atoms with E-state index < -0.39 is 18.3 Å². The second-order valence-corrected chi connectivity index (χ2v) is 15.9. The summed E-state index contributed by atoms with van der Waals surface area (Å²) < 4.78 is 19.3. The third kappa shape index (κ3) is 5.46. The highest BCUT2D eigenvalue weighted by Crippen LogP contribution is 2.50. The topological polar surface area (TPSA) is 34.8 Å². The maximum absolute atomic E-state index is 6.46. The van der Waals surface area contributed by atoms with Crippen LogP contribution in [-0.2, 0) is 14.7 Å². The Labute approximate surface area is 308 Å². The number of benzene rings is 5. The fraction of sp³-hybridized carbons (Fsp3) is 0.234. The molecule has 8 rings (SSSR count). The van der Waals surface area contributed by atoms with E-state index in [0.717, 1.165) is 61.2 Å². The number of para-hydroxylation sites is 2. The summed E-state index contributed by atoms with van der Waals surface area (Å²) in [4.78, 5) is 2.33. The molecule has 6 aromatic rings. The molecule has 5 aromatic carbocycles. The second-order valence-electron chi connectivity index (χ2n) is 15.9. The van der Waals surface area contributed by atoms with Crippen molar-refractivity contribution in [2.24, 2.45) is 0 Å². The number of nitrogens with zero attached hydrogens (tertiary/aromatic N) is 1. The molecule has 4 nitrogen and oxygen atoms in total. The molecule has 0 unspecified atom stereocenters. The molecule has 260 valence electrons. The van der Waals surface area contributed by atoms with Crippen LogP contribution in [0.25, 0.3) is 44.2 Å². The van der Waals surface area contributed by atoms with Crippen LogP contribution in [-0.4, -0.2) is 18.3 Å². The molecule has 0 amide bonds. The fourth-order valence-corrected chi connectivity index (χ4v) is 7.83. The van der Waals surface area contributed by atoms with E-state index in [1.54, 1.807) is 0 Å². The molecule has 2 aliphatic rings. The summed E-state index contributed by atoms with van der Waals surface area (Å²) in [6.45, 7) is 21.5. The Morgan fingerprint density at radius 2 is 1.25 bits per heavy atom. The SMILES string of the molecule is C=C(C)/C(=C\C=C(/C)N(c1ccc(-c2cccc3c2oc2ccccc23)cc1)c1ccc2c(c1)C(C)(C)c1ccccc1-2)B1OC(C)(C)C(C)(C)O1. The molecule has 1 aliphatic heterocycles. The molecule has 2 heterocycles. The number of fused-ring (bicyclic) bond motifs is 6. The van der Waals surface area contributed by atoms with Gasteiger partial charge in [-0.1, -0.05) is 111 Å². The molecule has 1 aromatic heterocycles. The average molecular weight is 684 g/mol. The van der Waals surface area contributed by atoms with Crippen molar-refractivity contribution in [3.05, 3.63) is 156 Å². The van der Waals surface area contributed by atoms with Crippen molar-refractivity contribution < 1.29 is 13.7 Å². The number of anilines is 2. The molecule has 52 heavy (non-hydrogen) atoms. The first-order valence-corrected chi connectivity index (χ1v) is 18.2. The van der Waals surface area contributed by atoms with Gasteiger partial charge in [-0.05, 0) is 111 Å². The molecule has 0 N–H and O–H groups in total. The first-order chi connectivity index (χ1) is 24.8. The Balaban J connectivity index is 1.23. The minimum absolute atomic E-state index is 0.121. The van der Waals surface area contributed by atoms with E-state index in [1.165, 1.54) is 22.3 Å². The van der Waals surface area contributed by atoms with Crippen molar-refractivity contribution in [1.29, 1.82) is 0 Å². The van der Waals surface area contributed by atoms with E-state index in [4.69, 9.17) is 13.7 Å². The number of allylic oxidation sites excluding steroid dienone is 5. The van der Waals surface area contributed by atoms with E-state index in [0.29, 0.717) is 0 Å². The minimum Gasteiger partial charge on any atom is -0.455 e. The van der Waals surface area contributed by atoms with Gasteiger partial charge >= 0.3 is 7.12 Å². The van der Waals surface area contributed by atoms with Gasteiger partial charge in [0.15, 0.2) is 0 Å². The van der Waals surface area contributed by atoms with Gasteiger partial charge in [0.05, 0.1) is 11.2 Å². The lowest BCUT2D eigenvalue weighted by atomic mass is 9.74. The highest BCUT2D eigenvalue weighted by atomic mass is 16.7. The highest BCUT2D eigenvalue weighted by molar-refractivity contribution is 6.56. The Morgan fingerprint density at radius 1 is 0.635 bits per heavy atom. The molecule has 1 aliphatic carbocycles. The van der Waals surface area contributed by atoms with Crippen LogP contribution in [0.3, 0.4) is 0 Å². The number of rotatable bonds is 7. The van der Waals surface area contributed by atoms with Gasteiger partial charge in [0.2, 0.25) is 0 Å². The predicted molar refractivity (Wildman–Crippen MR) is 218 cm³/mol. The molecule has 0 bridgehead atoms. The van der Waals surface area contributed by atoms with Gasteiger partial charge in [-0.2, -0.15) is 0 Å². The minimum atomic E-state index is -0.500. The van der Waals surface area contributed by atoms with Gasteiger partial charge in [-0.15, -0.1) is 0 Å². The van der Waals surface area contributed by atoms with Crippen molar-refractivity contribution >= 4 is 40.4 Å². The maximum atomic E-state index is 6.46. The molecule has 1 fully saturated rings. The van der Waals surface area contributed by atoms with Gasteiger partial charge in [0, 0.05) is 38.8 Å². The molecular weight excluding hydrogens is 637 g/mol. The molecule has 0 spiro atoms. The van der Waals surface area contributed by atoms with Crippen molar-refractivity contribution in [3.63, 3.8) is 0 Å². The van der Waals surface area contributed by atoms with Crippen LogP contribution >= 0.6 is 0 Å². The second kappa shape index (κ2) is 12.3. The zero-order valence-corrected chi connectivity index (χ0v) is 31.5. The zero-order valence-electron chi connectivity index (χ0n) is 31.5. The Hall–Kier alpha value is -5.10. The van der Waals surface area contributed by atoms with Gasteiger partial charge in [-0.25, -0.2) is 0 Å². The van der Waals surface area contributed by atoms with E-state index >= 15 is 0 Å². The Morgan fingerprint density at radius 3 is 1.98 bits per heavy atom. The third-order valence-electron chi connectivity index (χ3n) is 11.5. The van der Waals surface area contributed by atoms with Crippen molar-refractivity contribution in [2.75, 3.05) is 4.90 Å². The fourth-order valence-electron chi connectivity index (χ4n) is 7.83. The normalized spacial score (nSPS) is 17.4. The lowest BCUT2D eigenvalue weighted by molar-refractivity contribution is 0.00578. The number of hydrogen-bond donors (Lipinski definition) is 0. The van der Waals surface area contributed by atoms with Gasteiger partial charge in [0.1, 0.15) is 11.2 Å². The molecule has 5 heteroatoms. The summed E-state index contributed by atoms with van der Waals surface area (Å²) in [6, 6.07) is 39.1. The molecule has 0 atom stereocenters. The van der Waals surface area contributed by atoms with Crippen LogP contribution in [0.5, 0.6) is 0 Å². The van der Waals surface area contributed by atoms with Crippen molar-refractivity contribution in [3.8, 4) is 22.3 Å². The van der Waals surface area contributed by atoms with Crippen LogP contribution in [0, 0.1) is 0 Å². The molecule has 0 radical (unpaired) electrons. The highest BCUT2D eigenvalue weighted by Gasteiger charge is 2.52. The number of furan rings is 1. The van der Waals surface area contributed by atoms with Crippen LogP contribution in [0.4, 0.5) is 11.4 Å². The number of hydrogen-bond acceptors (Lipinski definition) is 4. The largest absolute Gasteiger partial charge is 0.495 e. The van der Waals surface area contributed by atoms with E-state index in [2.05, 4.69) is 169 Å². The molecule has 0 saturated carbocycles. The lowest BCUT2D eigenvalue weighted by Crippen LogP contribution is -2.41. The zero-order chi connectivity index (χ0) is 36.6. The Bertz CT molecular complexity index is 2430. The maximum Gasteiger partial charge on any atom is 0.495 e. The standard InChI is InChI=1S/C47H46BNO3/c1-30(2)42(48-51-46(6,7)47(8,9)52-48)28-21-31(3)49(34-26-27-37-36-15-10-12-19-40(36)45(4,5)41(37)29-34)33-24-22-32(23-25-33)35-17-14-18-39-38-16-11-13-20-43(38)50-44(35)39/h10-29H,1H2,2-9H3/b31-21+,42-28+. The van der Waals surface area contributed by atoms with Crippen molar-refractivity contribution in [2.45, 2.75) is 72.0 Å². The van der Waals surface area contributed by atoms with Gasteiger partial charge < -0.3 is 18.6 Å². The van der Waals surface area contributed by atoms with E-state index in [9.17, 15) is 0 Å². The summed E-state index contributed by atoms with van der Waals surface area (Å²) in [5.74, 6) is 0. The van der Waals surface area contributed by atoms with Crippen LogP contribution < -0.4 is 4.90 Å². The molecule has 1 saturated heterocycles. The summed E-state index contributed by atoms with van der Waals surface area (Å²) in [5.41, 5.74) is 13.3. The summed E-state index contributed by atoms with van der Waals surface area (Å²) in [7, 11) is -0.500. The summed E-state index contributed by atoms with van der Waals surface area (Å²) >= 11 is 0. The molecular formula is C47H46BNO3. The monoisotopic (exact) mass is 683 g/mol. The first-order valence-electron chi connectivity index (χ1n) is 18.2.